The number of carbonyl (C=O) groups is 1. The molecule has 176 valence electrons. The molecule has 7 nitrogen and oxygen atoms in total. The van der Waals surface area contributed by atoms with Gasteiger partial charge >= 0.3 is 0 Å². The first-order chi connectivity index (χ1) is 15.2. The summed E-state index contributed by atoms with van der Waals surface area (Å²) < 4.78 is 43.0. The maximum atomic E-state index is 12.0. The quantitative estimate of drug-likeness (QED) is 0.335. The van der Waals surface area contributed by atoms with Gasteiger partial charge in [0.15, 0.2) is 0 Å². The van der Waals surface area contributed by atoms with Gasteiger partial charge < -0.3 is 14.8 Å². The Morgan fingerprint density at radius 2 is 1.72 bits per heavy atom. The summed E-state index contributed by atoms with van der Waals surface area (Å²) >= 11 is 0. The number of benzene rings is 2. The molecule has 0 aliphatic rings. The lowest BCUT2D eigenvalue weighted by molar-refractivity contribution is -0.115. The van der Waals surface area contributed by atoms with E-state index in [-0.39, 0.29) is 27.6 Å². The Morgan fingerprint density at radius 1 is 1.06 bits per heavy atom. The molecule has 32 heavy (non-hydrogen) atoms. The lowest BCUT2D eigenvalue weighted by Gasteiger charge is -2.18. The topological polar surface area (TPSA) is 102 Å². The summed E-state index contributed by atoms with van der Waals surface area (Å²) in [7, 11) is -3.96. The van der Waals surface area contributed by atoms with E-state index in [9.17, 15) is 13.2 Å². The van der Waals surface area contributed by atoms with Gasteiger partial charge in [0, 0.05) is 18.2 Å². The Labute approximate surface area is 193 Å². The van der Waals surface area contributed by atoms with Crippen LogP contribution in [-0.2, 0) is 37.0 Å². The molecule has 1 unspecified atom stereocenters. The van der Waals surface area contributed by atoms with Gasteiger partial charge in [-0.3, -0.25) is 9.35 Å². The van der Waals surface area contributed by atoms with E-state index in [0.29, 0.717) is 38.4 Å². The van der Waals surface area contributed by atoms with Crippen LogP contribution in [0.3, 0.4) is 0 Å². The van der Waals surface area contributed by atoms with Crippen LogP contribution in [0, 0.1) is 5.92 Å². The summed E-state index contributed by atoms with van der Waals surface area (Å²) in [5.74, 6) is 1.64. The Balaban J connectivity index is 1.91. The van der Waals surface area contributed by atoms with Crippen molar-refractivity contribution in [3.05, 3.63) is 54.1 Å². The van der Waals surface area contributed by atoms with Gasteiger partial charge in [0.25, 0.3) is 10.1 Å². The number of hydrogen-bond acceptors (Lipinski definition) is 5. The molecule has 0 aliphatic carbocycles. The van der Waals surface area contributed by atoms with Crippen LogP contribution in [0.5, 0.6) is 5.75 Å². The Kier molecular flexibility index (Phi) is 10.5. The summed E-state index contributed by atoms with van der Waals surface area (Å²) in [5.41, 5.74) is 1.66. The number of amides is 1. The van der Waals surface area contributed by atoms with Gasteiger partial charge in [-0.1, -0.05) is 12.1 Å². The van der Waals surface area contributed by atoms with Gasteiger partial charge in [0.1, 0.15) is 11.5 Å². The van der Waals surface area contributed by atoms with E-state index in [1.54, 1.807) is 12.1 Å². The predicted molar refractivity (Wildman–Crippen MR) is 129 cm³/mol. The van der Waals surface area contributed by atoms with E-state index in [1.165, 1.54) is 12.1 Å². The predicted octanol–water partition coefficient (Wildman–Crippen LogP) is 3.41. The number of rotatable bonds is 13. The van der Waals surface area contributed by atoms with Crippen LogP contribution in [0.15, 0.2) is 53.4 Å². The molecular weight excluding hydrogens is 450 g/mol. The van der Waals surface area contributed by atoms with Crippen molar-refractivity contribution >= 4 is 32.6 Å². The van der Waals surface area contributed by atoms with E-state index in [4.69, 9.17) is 14.0 Å². The minimum atomic E-state index is -4.20. The van der Waals surface area contributed by atoms with Crippen LogP contribution >= 0.6 is 0 Å². The normalized spacial score (nSPS) is 12.5. The first-order valence-electron chi connectivity index (χ1n) is 10.4. The zero-order chi connectivity index (χ0) is 23.6. The van der Waals surface area contributed by atoms with Crippen molar-refractivity contribution in [2.75, 3.05) is 43.4 Å². The Bertz CT molecular complexity index is 943. The van der Waals surface area contributed by atoms with Crippen molar-refractivity contribution in [1.29, 1.82) is 0 Å². The molecule has 2 aromatic rings. The molecule has 0 spiro atoms. The fourth-order valence-electron chi connectivity index (χ4n) is 2.95. The van der Waals surface area contributed by atoms with Gasteiger partial charge in [-0.25, -0.2) is 0 Å². The van der Waals surface area contributed by atoms with Crippen LogP contribution in [-0.4, -0.2) is 57.0 Å². The third-order valence-corrected chi connectivity index (χ3v) is 6.55. The molecule has 0 bridgehead atoms. The first kappa shape index (κ1) is 26.2. The molecule has 0 saturated carbocycles. The highest BCUT2D eigenvalue weighted by Crippen LogP contribution is 2.19. The van der Waals surface area contributed by atoms with Crippen molar-refractivity contribution < 1.29 is 27.2 Å². The average Bonchev–Trinajstić information content (AvgIpc) is 2.75. The smallest absolute Gasteiger partial charge is 0.294 e. The molecular formula is C23H32NO6S2+. The van der Waals surface area contributed by atoms with E-state index in [2.05, 4.69) is 17.8 Å². The SMILES string of the molecule is CCOCC(COc1ccc(NC(=O)CC[S+](C)C)cc1)Cc1ccc(S(=O)(=O)O)cc1. The second-order valence-corrected chi connectivity index (χ2v) is 11.5. The van der Waals surface area contributed by atoms with Crippen LogP contribution in [0.25, 0.3) is 0 Å². The molecule has 0 radical (unpaired) electrons. The Hall–Kier alpha value is -2.07. The number of anilines is 1. The van der Waals surface area contributed by atoms with Gasteiger partial charge in [-0.2, -0.15) is 8.42 Å². The molecule has 1 atom stereocenters. The molecule has 0 aliphatic heterocycles. The molecule has 1 amide bonds. The van der Waals surface area contributed by atoms with E-state index >= 15 is 0 Å². The third kappa shape index (κ3) is 9.60. The second kappa shape index (κ2) is 12.8. The van der Waals surface area contributed by atoms with Crippen LogP contribution < -0.4 is 10.1 Å². The molecule has 2 rings (SSSR count). The summed E-state index contributed by atoms with van der Waals surface area (Å²) in [4.78, 5) is 11.8. The van der Waals surface area contributed by atoms with Gasteiger partial charge in [-0.15, -0.1) is 0 Å². The van der Waals surface area contributed by atoms with E-state index in [1.807, 2.05) is 31.2 Å². The third-order valence-electron chi connectivity index (χ3n) is 4.66. The maximum Gasteiger partial charge on any atom is 0.294 e. The Morgan fingerprint density at radius 3 is 2.28 bits per heavy atom. The van der Waals surface area contributed by atoms with Crippen molar-refractivity contribution in [2.45, 2.75) is 24.7 Å². The number of ether oxygens (including phenoxy) is 2. The largest absolute Gasteiger partial charge is 0.493 e. The number of carbonyl (C=O) groups excluding carboxylic acids is 1. The summed E-state index contributed by atoms with van der Waals surface area (Å²) in [6.07, 6.45) is 5.38. The standard InChI is InChI=1S/C23H31NO6S2/c1-4-29-16-19(15-18-5-11-22(12-6-18)32(26,27)28)17-30-21-9-7-20(8-10-21)24-23(25)13-14-31(2)3/h5-12,19H,4,13-17H2,1-3H3,(H-,24,25,26,27,28)/p+1. The number of hydrogen-bond donors (Lipinski definition) is 2. The van der Waals surface area contributed by atoms with Gasteiger partial charge in [0.05, 0.1) is 37.0 Å². The highest BCUT2D eigenvalue weighted by Gasteiger charge is 2.14. The molecule has 2 aromatic carbocycles. The summed E-state index contributed by atoms with van der Waals surface area (Å²) in [6, 6.07) is 13.4. The van der Waals surface area contributed by atoms with E-state index in [0.717, 1.165) is 17.0 Å². The van der Waals surface area contributed by atoms with Crippen molar-refractivity contribution in [2.24, 2.45) is 5.92 Å². The number of nitrogens with one attached hydrogen (secondary N) is 1. The molecule has 0 fully saturated rings. The zero-order valence-corrected chi connectivity index (χ0v) is 20.4. The molecule has 0 aromatic heterocycles. The molecule has 9 heteroatoms. The maximum absolute atomic E-state index is 12.0. The van der Waals surface area contributed by atoms with Crippen LogP contribution in [0.1, 0.15) is 18.9 Å². The lowest BCUT2D eigenvalue weighted by atomic mass is 10.0. The summed E-state index contributed by atoms with van der Waals surface area (Å²) in [5, 5.41) is 2.89. The van der Waals surface area contributed by atoms with Gasteiger partial charge in [-0.05, 0) is 66.2 Å². The van der Waals surface area contributed by atoms with Crippen LogP contribution in [0.4, 0.5) is 5.69 Å². The van der Waals surface area contributed by atoms with Gasteiger partial charge in [0.2, 0.25) is 5.91 Å². The van der Waals surface area contributed by atoms with Crippen LogP contribution in [0.2, 0.25) is 0 Å². The molecule has 0 saturated heterocycles. The monoisotopic (exact) mass is 482 g/mol. The van der Waals surface area contributed by atoms with Crippen molar-refractivity contribution in [3.63, 3.8) is 0 Å². The minimum Gasteiger partial charge on any atom is -0.493 e. The molecule has 2 N–H and O–H groups in total. The minimum absolute atomic E-state index is 0.0108. The first-order valence-corrected chi connectivity index (χ1v) is 14.0. The highest BCUT2D eigenvalue weighted by molar-refractivity contribution is 7.95. The summed E-state index contributed by atoms with van der Waals surface area (Å²) in [6.45, 7) is 3.43. The highest BCUT2D eigenvalue weighted by atomic mass is 32.2. The van der Waals surface area contributed by atoms with Crippen molar-refractivity contribution in [3.8, 4) is 5.75 Å². The lowest BCUT2D eigenvalue weighted by Crippen LogP contribution is -2.21. The van der Waals surface area contributed by atoms with Crippen molar-refractivity contribution in [1.82, 2.24) is 0 Å². The fraction of sp³-hybridized carbons (Fsp3) is 0.435. The molecule has 0 heterocycles. The second-order valence-electron chi connectivity index (χ2n) is 7.67. The average molecular weight is 483 g/mol. The zero-order valence-electron chi connectivity index (χ0n) is 18.7. The van der Waals surface area contributed by atoms with E-state index < -0.39 is 10.1 Å². The fourth-order valence-corrected chi connectivity index (χ4v) is 4.02.